The molecule has 0 aliphatic carbocycles. The summed E-state index contributed by atoms with van der Waals surface area (Å²) >= 11 is 1.67. The predicted octanol–water partition coefficient (Wildman–Crippen LogP) is 3.73. The van der Waals surface area contributed by atoms with Crippen LogP contribution in [-0.2, 0) is 11.3 Å². The molecule has 140 valence electrons. The van der Waals surface area contributed by atoms with Gasteiger partial charge in [0, 0.05) is 42.8 Å². The van der Waals surface area contributed by atoms with Gasteiger partial charge in [-0.05, 0) is 37.5 Å². The van der Waals surface area contributed by atoms with Crippen molar-refractivity contribution in [2.75, 3.05) is 29.4 Å². The molecule has 7 heteroatoms. The van der Waals surface area contributed by atoms with Gasteiger partial charge in [0.05, 0.1) is 5.69 Å². The van der Waals surface area contributed by atoms with E-state index in [-0.39, 0.29) is 12.1 Å². The Morgan fingerprint density at radius 2 is 2.11 bits per heavy atom. The van der Waals surface area contributed by atoms with Crippen LogP contribution in [0.4, 0.5) is 15.6 Å². The number of aromatic nitrogens is 1. The van der Waals surface area contributed by atoms with Gasteiger partial charge in [0.15, 0.2) is 5.13 Å². The minimum atomic E-state index is -0.209. The lowest BCUT2D eigenvalue weighted by atomic mass is 9.99. The number of likely N-dealkylation sites (tertiary alicyclic amines) is 1. The van der Waals surface area contributed by atoms with Gasteiger partial charge >= 0.3 is 6.09 Å². The largest absolute Gasteiger partial charge is 0.444 e. The zero-order valence-corrected chi connectivity index (χ0v) is 16.1. The number of hydrogen-bond donors (Lipinski definition) is 0. The standard InChI is InChI=1S/C20H22N4O2S/c1-14-2-3-15-13-26-20(25)24(17(15)12-14)16-4-8-22(9-5-16)18-6-10-23(18)19-21-7-11-27-19/h2-3,6-7,11-12,16H,4-5,8-10,13H2,1H3. The summed E-state index contributed by atoms with van der Waals surface area (Å²) in [5.74, 6) is 1.25. The first-order valence-corrected chi connectivity index (χ1v) is 10.3. The second-order valence-electron chi connectivity index (χ2n) is 7.26. The highest BCUT2D eigenvalue weighted by Crippen LogP contribution is 2.35. The van der Waals surface area contributed by atoms with E-state index in [0.29, 0.717) is 6.61 Å². The Bertz CT molecular complexity index is 887. The van der Waals surface area contributed by atoms with Crippen molar-refractivity contribution in [3.05, 3.63) is 52.8 Å². The van der Waals surface area contributed by atoms with Gasteiger partial charge < -0.3 is 14.5 Å². The van der Waals surface area contributed by atoms with E-state index in [1.807, 2.05) is 16.5 Å². The zero-order chi connectivity index (χ0) is 18.4. The summed E-state index contributed by atoms with van der Waals surface area (Å²) < 4.78 is 5.43. The Kier molecular flexibility index (Phi) is 4.04. The summed E-state index contributed by atoms with van der Waals surface area (Å²) in [4.78, 5) is 23.5. The molecule has 1 aromatic carbocycles. The number of cyclic esters (lactones) is 1. The molecule has 5 rings (SSSR count). The first-order valence-electron chi connectivity index (χ1n) is 9.38. The molecule has 4 heterocycles. The van der Waals surface area contributed by atoms with E-state index in [1.54, 1.807) is 11.3 Å². The van der Waals surface area contributed by atoms with Gasteiger partial charge in [-0.2, -0.15) is 0 Å². The molecule has 0 radical (unpaired) electrons. The van der Waals surface area contributed by atoms with Crippen molar-refractivity contribution >= 4 is 28.2 Å². The fourth-order valence-corrected chi connectivity index (χ4v) is 4.78. The third-order valence-corrected chi connectivity index (χ3v) is 6.38. The average Bonchev–Trinajstić information content (AvgIpc) is 3.15. The number of carbonyl (C=O) groups is 1. The number of nitrogens with zero attached hydrogens (tertiary/aromatic N) is 4. The lowest BCUT2D eigenvalue weighted by molar-refractivity contribution is 0.134. The normalized spacial score (nSPS) is 20.1. The number of aryl methyl sites for hydroxylation is 1. The number of piperidine rings is 1. The van der Waals surface area contributed by atoms with E-state index in [4.69, 9.17) is 4.74 Å². The molecule has 1 saturated heterocycles. The third-order valence-electron chi connectivity index (χ3n) is 5.58. The van der Waals surface area contributed by atoms with Crippen molar-refractivity contribution in [2.24, 2.45) is 0 Å². The average molecular weight is 382 g/mol. The molecule has 3 aliphatic rings. The number of benzene rings is 1. The van der Waals surface area contributed by atoms with E-state index < -0.39 is 0 Å². The maximum Gasteiger partial charge on any atom is 0.414 e. The number of fused-ring (bicyclic) bond motifs is 1. The maximum absolute atomic E-state index is 12.5. The molecule has 0 saturated carbocycles. The number of ether oxygens (including phenoxy) is 1. The highest BCUT2D eigenvalue weighted by molar-refractivity contribution is 7.13. The van der Waals surface area contributed by atoms with Crippen LogP contribution >= 0.6 is 11.3 Å². The monoisotopic (exact) mass is 382 g/mol. The molecule has 0 atom stereocenters. The molecule has 1 fully saturated rings. The second kappa shape index (κ2) is 6.56. The molecule has 2 aromatic rings. The van der Waals surface area contributed by atoms with Crippen LogP contribution in [-0.4, -0.2) is 41.7 Å². The van der Waals surface area contributed by atoms with Crippen molar-refractivity contribution in [1.82, 2.24) is 9.88 Å². The number of carbonyl (C=O) groups excluding carboxylic acids is 1. The Balaban J connectivity index is 1.30. The van der Waals surface area contributed by atoms with Crippen molar-refractivity contribution < 1.29 is 9.53 Å². The van der Waals surface area contributed by atoms with Crippen LogP contribution in [0.15, 0.2) is 41.7 Å². The fourth-order valence-electron chi connectivity index (χ4n) is 4.12. The molecular formula is C20H22N4O2S. The SMILES string of the molecule is Cc1ccc2c(c1)N(C1CCN(C3=CCN3c3nccs3)CC1)C(=O)OC2. The molecular weight excluding hydrogens is 360 g/mol. The first-order chi connectivity index (χ1) is 13.2. The van der Waals surface area contributed by atoms with Gasteiger partial charge in [0.25, 0.3) is 0 Å². The first kappa shape index (κ1) is 16.6. The Morgan fingerprint density at radius 3 is 2.81 bits per heavy atom. The van der Waals surface area contributed by atoms with E-state index in [9.17, 15) is 4.79 Å². The minimum absolute atomic E-state index is 0.184. The van der Waals surface area contributed by atoms with Crippen LogP contribution in [0.1, 0.15) is 24.0 Å². The van der Waals surface area contributed by atoms with Gasteiger partial charge in [-0.15, -0.1) is 11.3 Å². The number of rotatable bonds is 3. The topological polar surface area (TPSA) is 48.9 Å². The molecule has 1 amide bonds. The van der Waals surface area contributed by atoms with Crippen LogP contribution in [0.5, 0.6) is 0 Å². The van der Waals surface area contributed by atoms with Crippen LogP contribution in [0.3, 0.4) is 0 Å². The quantitative estimate of drug-likeness (QED) is 0.809. The smallest absolute Gasteiger partial charge is 0.414 e. The van der Waals surface area contributed by atoms with Crippen LogP contribution < -0.4 is 9.80 Å². The van der Waals surface area contributed by atoms with Crippen molar-refractivity contribution in [3.8, 4) is 0 Å². The molecule has 0 bridgehead atoms. The number of thiazole rings is 1. The molecule has 0 spiro atoms. The number of amides is 1. The van der Waals surface area contributed by atoms with Crippen LogP contribution in [0.2, 0.25) is 0 Å². The maximum atomic E-state index is 12.5. The van der Waals surface area contributed by atoms with Gasteiger partial charge in [0.2, 0.25) is 0 Å². The molecule has 0 N–H and O–H groups in total. The van der Waals surface area contributed by atoms with Crippen molar-refractivity contribution in [1.29, 1.82) is 0 Å². The third kappa shape index (κ3) is 2.86. The highest BCUT2D eigenvalue weighted by atomic mass is 32.1. The molecule has 1 aromatic heterocycles. The van der Waals surface area contributed by atoms with E-state index in [1.165, 1.54) is 11.4 Å². The lowest BCUT2D eigenvalue weighted by Crippen LogP contribution is -2.52. The second-order valence-corrected chi connectivity index (χ2v) is 8.14. The molecule has 3 aliphatic heterocycles. The molecule has 6 nitrogen and oxygen atoms in total. The van der Waals surface area contributed by atoms with E-state index >= 15 is 0 Å². The van der Waals surface area contributed by atoms with Crippen LogP contribution in [0.25, 0.3) is 0 Å². The Hall–Kier alpha value is -2.54. The van der Waals surface area contributed by atoms with E-state index in [0.717, 1.165) is 48.9 Å². The van der Waals surface area contributed by atoms with Gasteiger partial charge in [-0.3, -0.25) is 4.90 Å². The van der Waals surface area contributed by atoms with Crippen molar-refractivity contribution in [3.63, 3.8) is 0 Å². The molecule has 0 unspecified atom stereocenters. The Morgan fingerprint density at radius 1 is 1.26 bits per heavy atom. The van der Waals surface area contributed by atoms with Gasteiger partial charge in [0.1, 0.15) is 12.4 Å². The predicted molar refractivity (Wildman–Crippen MR) is 106 cm³/mol. The Labute approximate surface area is 162 Å². The van der Waals surface area contributed by atoms with E-state index in [2.05, 4.69) is 46.0 Å². The minimum Gasteiger partial charge on any atom is -0.444 e. The number of anilines is 2. The van der Waals surface area contributed by atoms with Gasteiger partial charge in [-0.1, -0.05) is 12.1 Å². The van der Waals surface area contributed by atoms with Gasteiger partial charge in [-0.25, -0.2) is 9.78 Å². The lowest BCUT2D eigenvalue weighted by Gasteiger charge is -2.45. The summed E-state index contributed by atoms with van der Waals surface area (Å²) in [5.41, 5.74) is 3.29. The summed E-state index contributed by atoms with van der Waals surface area (Å²) in [6.07, 6.45) is 5.77. The fraction of sp³-hybridized carbons (Fsp3) is 0.400. The summed E-state index contributed by atoms with van der Waals surface area (Å²) in [5, 5.41) is 3.07. The number of hydrogen-bond acceptors (Lipinski definition) is 6. The van der Waals surface area contributed by atoms with Crippen molar-refractivity contribution in [2.45, 2.75) is 32.4 Å². The summed E-state index contributed by atoms with van der Waals surface area (Å²) in [7, 11) is 0. The van der Waals surface area contributed by atoms with Crippen LogP contribution in [0, 0.1) is 6.92 Å². The summed E-state index contributed by atoms with van der Waals surface area (Å²) in [6, 6.07) is 6.45. The highest BCUT2D eigenvalue weighted by Gasteiger charge is 2.36. The zero-order valence-electron chi connectivity index (χ0n) is 15.3. The summed E-state index contributed by atoms with van der Waals surface area (Å²) in [6.45, 7) is 5.23. The molecule has 27 heavy (non-hydrogen) atoms.